The second-order valence-corrected chi connectivity index (χ2v) is 5.38. The summed E-state index contributed by atoms with van der Waals surface area (Å²) in [7, 11) is 0. The molecule has 2 rings (SSSR count). The summed E-state index contributed by atoms with van der Waals surface area (Å²) in [6.07, 6.45) is 0.893. The Kier molecular flexibility index (Phi) is 3.26. The average Bonchev–Trinajstić information content (AvgIpc) is 2.21. The van der Waals surface area contributed by atoms with Crippen LogP contribution in [-0.4, -0.2) is 4.98 Å². The second kappa shape index (κ2) is 4.37. The highest BCUT2D eigenvalue weighted by molar-refractivity contribution is 14.1. The summed E-state index contributed by atoms with van der Waals surface area (Å²) in [5, 5.41) is 1.62. The minimum Gasteiger partial charge on any atom is -0.398 e. The monoisotopic (exact) mass is 346 g/mol. The zero-order valence-corrected chi connectivity index (χ0v) is 12.1. The van der Waals surface area contributed by atoms with Gasteiger partial charge < -0.3 is 5.73 Å². The molecule has 0 fully saturated rings. The zero-order chi connectivity index (χ0) is 11.9. The summed E-state index contributed by atoms with van der Waals surface area (Å²) >= 11 is 8.41. The number of hydrogen-bond donors (Lipinski definition) is 1. The van der Waals surface area contributed by atoms with E-state index in [9.17, 15) is 0 Å². The summed E-state index contributed by atoms with van der Waals surface area (Å²) in [6, 6.07) is 3.94. The van der Waals surface area contributed by atoms with Gasteiger partial charge in [-0.2, -0.15) is 0 Å². The Hall–Kier alpha value is -0.550. The SMILES string of the molecule is CCc1c(C)nc2c(Cl)cc(I)cc2c1N. The number of nitrogen functional groups attached to an aromatic ring is 1. The molecule has 1 aromatic heterocycles. The van der Waals surface area contributed by atoms with Crippen molar-refractivity contribution in [2.75, 3.05) is 5.73 Å². The van der Waals surface area contributed by atoms with Crippen LogP contribution in [0.2, 0.25) is 5.02 Å². The molecular formula is C12H12ClIN2. The molecule has 0 amide bonds. The highest BCUT2D eigenvalue weighted by atomic mass is 127. The van der Waals surface area contributed by atoms with Gasteiger partial charge in [-0.15, -0.1) is 0 Å². The Labute approximate surface area is 113 Å². The number of halogens is 2. The largest absolute Gasteiger partial charge is 0.398 e. The number of hydrogen-bond acceptors (Lipinski definition) is 2. The molecule has 2 aromatic rings. The number of fused-ring (bicyclic) bond motifs is 1. The van der Waals surface area contributed by atoms with Crippen LogP contribution in [0.1, 0.15) is 18.2 Å². The van der Waals surface area contributed by atoms with Crippen molar-refractivity contribution in [3.63, 3.8) is 0 Å². The smallest absolute Gasteiger partial charge is 0.0912 e. The van der Waals surface area contributed by atoms with Gasteiger partial charge in [0.15, 0.2) is 0 Å². The number of aryl methyl sites for hydroxylation is 1. The number of pyridine rings is 1. The van der Waals surface area contributed by atoms with Crippen LogP contribution in [0, 0.1) is 10.5 Å². The van der Waals surface area contributed by atoms with Crippen molar-refractivity contribution >= 4 is 50.8 Å². The van der Waals surface area contributed by atoms with Crippen molar-refractivity contribution in [2.24, 2.45) is 0 Å². The van der Waals surface area contributed by atoms with E-state index in [2.05, 4.69) is 34.5 Å². The van der Waals surface area contributed by atoms with Crippen molar-refractivity contribution < 1.29 is 0 Å². The molecule has 0 aliphatic heterocycles. The molecule has 1 aromatic carbocycles. The summed E-state index contributed by atoms with van der Waals surface area (Å²) in [6.45, 7) is 4.06. The van der Waals surface area contributed by atoms with Crippen molar-refractivity contribution in [1.82, 2.24) is 4.98 Å². The van der Waals surface area contributed by atoms with Crippen LogP contribution in [0.15, 0.2) is 12.1 Å². The van der Waals surface area contributed by atoms with E-state index in [0.29, 0.717) is 5.02 Å². The Morgan fingerprint density at radius 2 is 2.12 bits per heavy atom. The standard InChI is InChI=1S/C12H12ClIN2/c1-3-8-6(2)16-12-9(11(8)15)4-7(14)5-10(12)13/h4-5H,3H2,1-2H3,(H2,15,16). The average molecular weight is 347 g/mol. The first kappa shape index (κ1) is 11.9. The first-order valence-corrected chi connectivity index (χ1v) is 6.54. The molecule has 2 nitrogen and oxygen atoms in total. The first-order valence-electron chi connectivity index (χ1n) is 5.08. The molecule has 16 heavy (non-hydrogen) atoms. The molecule has 0 saturated heterocycles. The number of nitrogens with two attached hydrogens (primary N) is 1. The summed E-state index contributed by atoms with van der Waals surface area (Å²) < 4.78 is 1.08. The minimum atomic E-state index is 0.666. The molecule has 0 atom stereocenters. The lowest BCUT2D eigenvalue weighted by Gasteiger charge is -2.11. The van der Waals surface area contributed by atoms with Crippen LogP contribution in [0.3, 0.4) is 0 Å². The van der Waals surface area contributed by atoms with Gasteiger partial charge in [0.1, 0.15) is 0 Å². The molecule has 0 unspecified atom stereocenters. The molecule has 0 aliphatic rings. The van der Waals surface area contributed by atoms with Crippen molar-refractivity contribution in [1.29, 1.82) is 0 Å². The van der Waals surface area contributed by atoms with E-state index in [1.165, 1.54) is 0 Å². The first-order chi connectivity index (χ1) is 7.54. The van der Waals surface area contributed by atoms with Gasteiger partial charge in [0.05, 0.1) is 10.5 Å². The molecule has 0 spiro atoms. The molecule has 2 N–H and O–H groups in total. The van der Waals surface area contributed by atoms with E-state index in [0.717, 1.165) is 37.8 Å². The van der Waals surface area contributed by atoms with Crippen LogP contribution in [-0.2, 0) is 6.42 Å². The zero-order valence-electron chi connectivity index (χ0n) is 9.14. The molecule has 0 radical (unpaired) electrons. The van der Waals surface area contributed by atoms with Crippen LogP contribution in [0.25, 0.3) is 10.9 Å². The van der Waals surface area contributed by atoms with E-state index < -0.39 is 0 Å². The van der Waals surface area contributed by atoms with E-state index in [4.69, 9.17) is 17.3 Å². The number of nitrogens with zero attached hydrogens (tertiary/aromatic N) is 1. The number of anilines is 1. The summed E-state index contributed by atoms with van der Waals surface area (Å²) in [5.41, 5.74) is 9.86. The van der Waals surface area contributed by atoms with Gasteiger partial charge in [-0.3, -0.25) is 4.98 Å². The highest BCUT2D eigenvalue weighted by Crippen LogP contribution is 2.32. The lowest BCUT2D eigenvalue weighted by Crippen LogP contribution is -2.01. The lowest BCUT2D eigenvalue weighted by molar-refractivity contribution is 1.07. The van der Waals surface area contributed by atoms with Gasteiger partial charge in [0, 0.05) is 20.3 Å². The fraction of sp³-hybridized carbons (Fsp3) is 0.250. The molecule has 1 heterocycles. The van der Waals surface area contributed by atoms with Crippen LogP contribution >= 0.6 is 34.2 Å². The second-order valence-electron chi connectivity index (χ2n) is 3.73. The number of rotatable bonds is 1. The van der Waals surface area contributed by atoms with Gasteiger partial charge in [-0.05, 0) is 53.6 Å². The van der Waals surface area contributed by atoms with Crippen molar-refractivity contribution in [2.45, 2.75) is 20.3 Å². The number of aromatic nitrogens is 1. The molecule has 0 saturated carbocycles. The van der Waals surface area contributed by atoms with Gasteiger partial charge in [0.25, 0.3) is 0 Å². The van der Waals surface area contributed by atoms with E-state index in [1.54, 1.807) is 0 Å². The normalized spacial score (nSPS) is 11.0. The van der Waals surface area contributed by atoms with Crippen LogP contribution in [0.5, 0.6) is 0 Å². The fourth-order valence-electron chi connectivity index (χ4n) is 1.92. The maximum Gasteiger partial charge on any atom is 0.0912 e. The van der Waals surface area contributed by atoms with Crippen molar-refractivity contribution in [3.8, 4) is 0 Å². The fourth-order valence-corrected chi connectivity index (χ4v) is 2.99. The van der Waals surface area contributed by atoms with Gasteiger partial charge in [-0.1, -0.05) is 18.5 Å². The lowest BCUT2D eigenvalue weighted by atomic mass is 10.0. The molecule has 4 heteroatoms. The van der Waals surface area contributed by atoms with Gasteiger partial charge in [0.2, 0.25) is 0 Å². The summed E-state index contributed by atoms with van der Waals surface area (Å²) in [5.74, 6) is 0. The maximum absolute atomic E-state index is 6.18. The van der Waals surface area contributed by atoms with Crippen LogP contribution in [0.4, 0.5) is 5.69 Å². The van der Waals surface area contributed by atoms with Gasteiger partial charge in [-0.25, -0.2) is 0 Å². The van der Waals surface area contributed by atoms with E-state index in [1.807, 2.05) is 19.1 Å². The van der Waals surface area contributed by atoms with E-state index >= 15 is 0 Å². The Morgan fingerprint density at radius 1 is 1.44 bits per heavy atom. The third-order valence-electron chi connectivity index (χ3n) is 2.71. The summed E-state index contributed by atoms with van der Waals surface area (Å²) in [4.78, 5) is 4.53. The minimum absolute atomic E-state index is 0.666. The Bertz CT molecular complexity index is 567. The molecular weight excluding hydrogens is 335 g/mol. The predicted octanol–water partition coefficient (Wildman–Crippen LogP) is 3.95. The Balaban J connectivity index is 2.93. The third-order valence-corrected chi connectivity index (χ3v) is 3.62. The predicted molar refractivity (Wildman–Crippen MR) is 78.0 cm³/mol. The number of benzene rings is 1. The topological polar surface area (TPSA) is 38.9 Å². The van der Waals surface area contributed by atoms with Gasteiger partial charge >= 0.3 is 0 Å². The third kappa shape index (κ3) is 1.86. The van der Waals surface area contributed by atoms with Crippen molar-refractivity contribution in [3.05, 3.63) is 32.0 Å². The molecule has 84 valence electrons. The highest BCUT2D eigenvalue weighted by Gasteiger charge is 2.11. The molecule has 0 aliphatic carbocycles. The van der Waals surface area contributed by atoms with E-state index in [-0.39, 0.29) is 0 Å². The van der Waals surface area contributed by atoms with Crippen LogP contribution < -0.4 is 5.73 Å². The molecule has 0 bridgehead atoms. The maximum atomic E-state index is 6.18. The quantitative estimate of drug-likeness (QED) is 0.794. The Morgan fingerprint density at radius 3 is 2.75 bits per heavy atom.